The average molecular weight is 1050 g/mol. The zero-order valence-electron chi connectivity index (χ0n) is 38.5. The van der Waals surface area contributed by atoms with E-state index < -0.39 is 103 Å². The average Bonchev–Trinajstić information content (AvgIpc) is 3.89. The predicted octanol–water partition coefficient (Wildman–Crippen LogP) is 11.0. The fraction of sp³-hybridized carbons (Fsp3) is 0.404. The van der Waals surface area contributed by atoms with Crippen LogP contribution in [0.5, 0.6) is 0 Å². The number of anilines is 2. The summed E-state index contributed by atoms with van der Waals surface area (Å²) in [5, 5.41) is 6.40. The highest BCUT2D eigenvalue weighted by Crippen LogP contribution is 2.43. The van der Waals surface area contributed by atoms with E-state index >= 15 is 17.6 Å². The number of carbonyl (C=O) groups is 2. The Labute approximate surface area is 412 Å². The molecule has 8 rings (SSSR count). The van der Waals surface area contributed by atoms with Crippen LogP contribution in [0.15, 0.2) is 67.3 Å². The lowest BCUT2D eigenvalue weighted by Gasteiger charge is -2.45. The van der Waals surface area contributed by atoms with E-state index in [1.165, 1.54) is 31.2 Å². The van der Waals surface area contributed by atoms with Crippen LogP contribution in [0, 0.1) is 38.4 Å². The summed E-state index contributed by atoms with van der Waals surface area (Å²) in [4.78, 5) is 55.6. The molecule has 6 aromatic rings. The maximum absolute atomic E-state index is 16.2. The number of thiazole rings is 2. The van der Waals surface area contributed by atoms with Gasteiger partial charge in [0.1, 0.15) is 17.2 Å². The molecule has 382 valence electrons. The summed E-state index contributed by atoms with van der Waals surface area (Å²) in [6.45, 7) is 3.84. The van der Waals surface area contributed by atoms with E-state index in [9.17, 15) is 40.3 Å². The zero-order valence-corrected chi connectivity index (χ0v) is 40.1. The molecule has 2 amide bonds. The van der Waals surface area contributed by atoms with Crippen LogP contribution >= 0.6 is 22.7 Å². The molecule has 2 saturated heterocycles. The van der Waals surface area contributed by atoms with Crippen molar-refractivity contribution >= 4 is 46.4 Å². The number of aromatic nitrogens is 6. The van der Waals surface area contributed by atoms with Gasteiger partial charge >= 0.3 is 12.4 Å². The van der Waals surface area contributed by atoms with Crippen LogP contribution in [0.1, 0.15) is 73.0 Å². The third-order valence-electron chi connectivity index (χ3n) is 12.6. The van der Waals surface area contributed by atoms with Gasteiger partial charge in [0, 0.05) is 50.7 Å². The van der Waals surface area contributed by atoms with Crippen molar-refractivity contribution in [2.75, 3.05) is 36.8 Å². The first-order valence-electron chi connectivity index (χ1n) is 22.2. The number of alkyl halides is 10. The molecule has 2 fully saturated rings. The minimum atomic E-state index is -4.74. The summed E-state index contributed by atoms with van der Waals surface area (Å²) in [6.07, 6.45) is -8.66. The Bertz CT molecular complexity index is 2930. The van der Waals surface area contributed by atoms with Crippen LogP contribution in [0.25, 0.3) is 20.9 Å². The standard InChI is InChI=1S/C47H43F11N10O2S2/c1-23-13-44(49,50)21-67(34(23)19-63-42-59-15-30(16-60-42)46(53,54)55)41(70)37-39(72-26(4)66-37)33-7-5-6-28(24(33)2)12-29-14-45(51,52)22-68(35(29)20-64-43-61-17-31(18-62-43)47(56,57)58)40(69)36-38(71-25(3)65-36)27-8-10-32(48)11-9-27/h5-11,15-18,23,29,34-35H,12-14,19-22H2,1-4H3,(H,59,60,63)(H,61,62,64)/t23-,29-,34?,35?/m1/s1. The van der Waals surface area contributed by atoms with E-state index in [-0.39, 0.29) is 47.7 Å². The number of nitrogens with zero attached hydrogens (tertiary/aromatic N) is 8. The van der Waals surface area contributed by atoms with Crippen LogP contribution in [0.2, 0.25) is 0 Å². The Morgan fingerprint density at radius 3 is 1.68 bits per heavy atom. The van der Waals surface area contributed by atoms with Gasteiger partial charge in [-0.1, -0.05) is 37.3 Å². The first kappa shape index (κ1) is 52.0. The van der Waals surface area contributed by atoms with Crippen molar-refractivity contribution in [2.24, 2.45) is 11.8 Å². The molecule has 2 aromatic carbocycles. The van der Waals surface area contributed by atoms with Gasteiger partial charge in [0.25, 0.3) is 23.7 Å². The summed E-state index contributed by atoms with van der Waals surface area (Å²) in [5.41, 5.74) is -0.733. The lowest BCUT2D eigenvalue weighted by atomic mass is 9.80. The number of carbonyl (C=O) groups excluding carboxylic acids is 2. The molecular weight excluding hydrogens is 1010 g/mol. The summed E-state index contributed by atoms with van der Waals surface area (Å²) in [6, 6.07) is 8.12. The fourth-order valence-corrected chi connectivity index (χ4v) is 11.1. The van der Waals surface area contributed by atoms with Crippen molar-refractivity contribution in [3.63, 3.8) is 0 Å². The van der Waals surface area contributed by atoms with Crippen molar-refractivity contribution in [3.8, 4) is 20.9 Å². The Hall–Kier alpha value is -6.37. The number of hydrogen-bond donors (Lipinski definition) is 2. The molecule has 25 heteroatoms. The quantitative estimate of drug-likeness (QED) is 0.114. The number of likely N-dealkylation sites (tertiary alicyclic amines) is 2. The summed E-state index contributed by atoms with van der Waals surface area (Å²) >= 11 is 2.19. The second kappa shape index (κ2) is 19.9. The van der Waals surface area contributed by atoms with E-state index in [2.05, 4.69) is 40.5 Å². The lowest BCUT2D eigenvalue weighted by molar-refractivity contribution is -0.138. The normalized spacial score (nSPS) is 20.1. The Morgan fingerprint density at radius 1 is 0.681 bits per heavy atom. The van der Waals surface area contributed by atoms with Crippen LogP contribution in [-0.4, -0.2) is 102 Å². The Balaban J connectivity index is 1.11. The second-order valence-corrected chi connectivity index (χ2v) is 20.2. The third kappa shape index (κ3) is 11.5. The van der Waals surface area contributed by atoms with Gasteiger partial charge in [0.05, 0.1) is 56.1 Å². The molecule has 0 radical (unpaired) electrons. The largest absolute Gasteiger partial charge is 0.419 e. The predicted molar refractivity (Wildman–Crippen MR) is 245 cm³/mol. The molecule has 72 heavy (non-hydrogen) atoms. The second-order valence-electron chi connectivity index (χ2n) is 17.8. The SMILES string of the molecule is Cc1nc(C(=O)N2CC(F)(F)C[C@@H](Cc3cccc(-c4sc(C)nc4C(=O)N4CC(F)(F)C[C@@H](C)C4CNc4ncc(C(F)(F)F)cn4)c3C)C2CNc2ncc(C(F)(F)F)cn2)c(-c2ccc(F)cc2)s1. The summed E-state index contributed by atoms with van der Waals surface area (Å²) < 4.78 is 157. The molecular formula is C47H43F11N10O2S2. The molecule has 2 aliphatic heterocycles. The highest BCUT2D eigenvalue weighted by atomic mass is 32.1. The molecule has 2 aliphatic rings. The summed E-state index contributed by atoms with van der Waals surface area (Å²) in [7, 11) is 0. The highest BCUT2D eigenvalue weighted by molar-refractivity contribution is 7.15. The minimum Gasteiger partial charge on any atom is -0.352 e. The molecule has 2 unspecified atom stereocenters. The molecule has 4 atom stereocenters. The molecule has 6 heterocycles. The van der Waals surface area contributed by atoms with Crippen LogP contribution in [0.3, 0.4) is 0 Å². The smallest absolute Gasteiger partial charge is 0.352 e. The first-order valence-corrected chi connectivity index (χ1v) is 23.8. The Kier molecular flexibility index (Phi) is 14.4. The van der Waals surface area contributed by atoms with Gasteiger partial charge in [-0.05, 0) is 73.4 Å². The van der Waals surface area contributed by atoms with Gasteiger partial charge in [0.2, 0.25) is 11.9 Å². The number of hydrogen-bond acceptors (Lipinski definition) is 12. The molecule has 2 N–H and O–H groups in total. The number of rotatable bonds is 12. The van der Waals surface area contributed by atoms with Crippen LogP contribution < -0.4 is 10.6 Å². The van der Waals surface area contributed by atoms with Crippen LogP contribution in [0.4, 0.5) is 60.2 Å². The van der Waals surface area contributed by atoms with E-state index in [1.807, 2.05) is 0 Å². The zero-order chi connectivity index (χ0) is 52.1. The van der Waals surface area contributed by atoms with E-state index in [1.54, 1.807) is 39.0 Å². The summed E-state index contributed by atoms with van der Waals surface area (Å²) in [5.74, 6) is -11.5. The van der Waals surface area contributed by atoms with Gasteiger partial charge in [-0.15, -0.1) is 22.7 Å². The van der Waals surface area contributed by atoms with Crippen molar-refractivity contribution in [3.05, 3.63) is 117 Å². The first-order chi connectivity index (χ1) is 33.8. The van der Waals surface area contributed by atoms with E-state index in [0.717, 1.165) is 32.5 Å². The molecule has 0 aliphatic carbocycles. The number of aryl methyl sites for hydroxylation is 2. The van der Waals surface area contributed by atoms with Crippen molar-refractivity contribution in [1.82, 2.24) is 39.7 Å². The number of piperidine rings is 2. The maximum atomic E-state index is 16.2. The number of amides is 2. The van der Waals surface area contributed by atoms with Gasteiger partial charge < -0.3 is 20.4 Å². The molecule has 0 saturated carbocycles. The molecule has 0 bridgehead atoms. The molecule has 12 nitrogen and oxygen atoms in total. The molecule has 4 aromatic heterocycles. The lowest BCUT2D eigenvalue weighted by Crippen LogP contribution is -2.58. The fourth-order valence-electron chi connectivity index (χ4n) is 9.14. The highest BCUT2D eigenvalue weighted by Gasteiger charge is 2.50. The third-order valence-corrected chi connectivity index (χ3v) is 14.6. The monoisotopic (exact) mass is 1050 g/mol. The van der Waals surface area contributed by atoms with Crippen molar-refractivity contribution in [1.29, 1.82) is 0 Å². The van der Waals surface area contributed by atoms with Gasteiger partial charge in [-0.3, -0.25) is 9.59 Å². The van der Waals surface area contributed by atoms with Crippen LogP contribution in [-0.2, 0) is 18.8 Å². The van der Waals surface area contributed by atoms with Gasteiger partial charge in [-0.25, -0.2) is 51.9 Å². The maximum Gasteiger partial charge on any atom is 0.419 e. The Morgan fingerprint density at radius 2 is 1.15 bits per heavy atom. The number of benzene rings is 2. The van der Waals surface area contributed by atoms with Gasteiger partial charge in [-0.2, -0.15) is 26.3 Å². The van der Waals surface area contributed by atoms with E-state index in [4.69, 9.17) is 0 Å². The van der Waals surface area contributed by atoms with Crippen molar-refractivity contribution in [2.45, 2.75) is 83.2 Å². The molecule has 0 spiro atoms. The number of nitrogens with one attached hydrogen (secondary N) is 2. The van der Waals surface area contributed by atoms with Crippen molar-refractivity contribution < 1.29 is 57.9 Å². The topological polar surface area (TPSA) is 142 Å². The minimum absolute atomic E-state index is 0.114. The van der Waals surface area contributed by atoms with E-state index in [0.29, 0.717) is 61.9 Å². The van der Waals surface area contributed by atoms with Gasteiger partial charge in [0.15, 0.2) is 0 Å². The number of halogens is 11.